The highest BCUT2D eigenvalue weighted by Gasteiger charge is 2.35. The van der Waals surface area contributed by atoms with E-state index in [4.69, 9.17) is 4.74 Å². The van der Waals surface area contributed by atoms with Gasteiger partial charge in [-0.1, -0.05) is 17.8 Å². The number of nitrogens with zero attached hydrogens (tertiary/aromatic N) is 2. The predicted molar refractivity (Wildman–Crippen MR) is 118 cm³/mol. The van der Waals surface area contributed by atoms with Crippen LogP contribution < -0.4 is 10.1 Å². The summed E-state index contributed by atoms with van der Waals surface area (Å²) in [7, 11) is 1.59. The van der Waals surface area contributed by atoms with Gasteiger partial charge in [-0.15, -0.1) is 0 Å². The van der Waals surface area contributed by atoms with Crippen LogP contribution >= 0.6 is 11.8 Å². The Labute approximate surface area is 175 Å². The zero-order valence-electron chi connectivity index (χ0n) is 17.1. The lowest BCUT2D eigenvalue weighted by molar-refractivity contribution is -0.129. The van der Waals surface area contributed by atoms with Gasteiger partial charge in [0.25, 0.3) is 0 Å². The maximum Gasteiger partial charge on any atom is 0.238 e. The van der Waals surface area contributed by atoms with Crippen LogP contribution in [0.5, 0.6) is 5.75 Å². The predicted octanol–water partition coefficient (Wildman–Crippen LogP) is 4.29. The van der Waals surface area contributed by atoms with Gasteiger partial charge >= 0.3 is 0 Å². The van der Waals surface area contributed by atoms with Gasteiger partial charge in [-0.25, -0.2) is 4.99 Å². The summed E-state index contributed by atoms with van der Waals surface area (Å²) < 4.78 is 5.13. The normalized spacial score (nSPS) is 18.1. The lowest BCUT2D eigenvalue weighted by atomic mass is 10.1. The van der Waals surface area contributed by atoms with Crippen LogP contribution in [0, 0.1) is 13.8 Å². The summed E-state index contributed by atoms with van der Waals surface area (Å²) in [5.74, 6) is 0.410. The topological polar surface area (TPSA) is 71.0 Å². The minimum Gasteiger partial charge on any atom is -0.497 e. The highest BCUT2D eigenvalue weighted by molar-refractivity contribution is 8.15. The zero-order chi connectivity index (χ0) is 21.0. The van der Waals surface area contributed by atoms with Crippen molar-refractivity contribution in [1.82, 2.24) is 4.90 Å². The Kier molecular flexibility index (Phi) is 6.59. The Balaban J connectivity index is 1.79. The number of rotatable bonds is 5. The minimum absolute atomic E-state index is 0.0938. The smallest absolute Gasteiger partial charge is 0.238 e. The van der Waals surface area contributed by atoms with Crippen molar-refractivity contribution in [3.63, 3.8) is 0 Å². The molecule has 0 aromatic heterocycles. The molecular weight excluding hydrogens is 386 g/mol. The molecule has 152 valence electrons. The third-order valence-electron chi connectivity index (χ3n) is 4.82. The van der Waals surface area contributed by atoms with Crippen LogP contribution in [-0.2, 0) is 9.59 Å². The molecule has 1 saturated heterocycles. The van der Waals surface area contributed by atoms with Crippen molar-refractivity contribution in [3.8, 4) is 5.75 Å². The molecule has 0 saturated carbocycles. The van der Waals surface area contributed by atoms with Crippen molar-refractivity contribution in [3.05, 3.63) is 53.6 Å². The molecule has 0 bridgehead atoms. The quantitative estimate of drug-likeness (QED) is 0.797. The van der Waals surface area contributed by atoms with E-state index in [9.17, 15) is 9.59 Å². The Morgan fingerprint density at radius 1 is 1.21 bits per heavy atom. The monoisotopic (exact) mass is 411 g/mol. The van der Waals surface area contributed by atoms with Gasteiger partial charge in [-0.3, -0.25) is 14.5 Å². The van der Waals surface area contributed by atoms with E-state index in [1.807, 2.05) is 39.0 Å². The summed E-state index contributed by atoms with van der Waals surface area (Å²) in [6.45, 7) is 6.50. The Bertz CT molecular complexity index is 941. The number of amidine groups is 1. The maximum atomic E-state index is 12.8. The minimum atomic E-state index is -0.530. The van der Waals surface area contributed by atoms with Crippen LogP contribution in [-0.4, -0.2) is 40.8 Å². The van der Waals surface area contributed by atoms with Crippen molar-refractivity contribution in [2.75, 3.05) is 19.0 Å². The molecule has 1 aliphatic rings. The number of hydrogen-bond donors (Lipinski definition) is 1. The number of hydrogen-bond acceptors (Lipinski definition) is 5. The molecule has 1 N–H and O–H groups in total. The molecule has 29 heavy (non-hydrogen) atoms. The number of ether oxygens (including phenoxy) is 1. The highest BCUT2D eigenvalue weighted by Crippen LogP contribution is 2.30. The number of benzene rings is 2. The summed E-state index contributed by atoms with van der Waals surface area (Å²) in [6, 6.07) is 13.0. The van der Waals surface area contributed by atoms with Crippen LogP contribution in [0.1, 0.15) is 24.5 Å². The molecule has 1 heterocycles. The van der Waals surface area contributed by atoms with E-state index in [1.165, 1.54) is 17.3 Å². The van der Waals surface area contributed by atoms with Crippen LogP contribution in [0.2, 0.25) is 0 Å². The summed E-state index contributed by atoms with van der Waals surface area (Å²) in [5.41, 5.74) is 3.76. The van der Waals surface area contributed by atoms with Crippen LogP contribution in [0.15, 0.2) is 47.5 Å². The first kappa shape index (κ1) is 20.9. The largest absolute Gasteiger partial charge is 0.497 e. The van der Waals surface area contributed by atoms with Gasteiger partial charge in [0, 0.05) is 18.7 Å². The van der Waals surface area contributed by atoms with Gasteiger partial charge in [0.15, 0.2) is 5.17 Å². The number of nitrogens with one attached hydrogen (secondary N) is 1. The van der Waals surface area contributed by atoms with Crippen molar-refractivity contribution < 1.29 is 14.3 Å². The first-order valence-electron chi connectivity index (χ1n) is 9.49. The molecule has 1 atom stereocenters. The van der Waals surface area contributed by atoms with Crippen molar-refractivity contribution in [2.45, 2.75) is 32.4 Å². The molecule has 0 spiro atoms. The maximum absolute atomic E-state index is 12.8. The van der Waals surface area contributed by atoms with Crippen LogP contribution in [0.25, 0.3) is 0 Å². The lowest BCUT2D eigenvalue weighted by Gasteiger charge is -2.31. The average Bonchev–Trinajstić information content (AvgIpc) is 2.71. The number of carbonyl (C=O) groups is 2. The van der Waals surface area contributed by atoms with E-state index in [0.29, 0.717) is 23.1 Å². The second-order valence-electron chi connectivity index (χ2n) is 6.83. The van der Waals surface area contributed by atoms with Crippen molar-refractivity contribution >= 4 is 40.1 Å². The average molecular weight is 412 g/mol. The third kappa shape index (κ3) is 4.98. The fourth-order valence-corrected chi connectivity index (χ4v) is 4.12. The van der Waals surface area contributed by atoms with E-state index in [1.54, 1.807) is 36.3 Å². The van der Waals surface area contributed by atoms with Crippen LogP contribution in [0.3, 0.4) is 0 Å². The second-order valence-corrected chi connectivity index (χ2v) is 8.00. The van der Waals surface area contributed by atoms with Crippen molar-refractivity contribution in [2.24, 2.45) is 4.99 Å². The Hall–Kier alpha value is -2.80. The molecule has 3 rings (SSSR count). The van der Waals surface area contributed by atoms with Gasteiger partial charge in [0.1, 0.15) is 11.0 Å². The van der Waals surface area contributed by atoms with Gasteiger partial charge < -0.3 is 10.1 Å². The molecule has 0 radical (unpaired) electrons. The molecule has 7 heteroatoms. The zero-order valence-corrected chi connectivity index (χ0v) is 17.9. The lowest BCUT2D eigenvalue weighted by Crippen LogP contribution is -2.45. The standard InChI is InChI=1S/C22H25N3O3S/c1-5-25-20(26)13-19(21(27)23-16-8-10-18(28-4)11-9-16)29-22(25)24-17-7-6-14(2)15(3)12-17/h6-12,19H,5,13H2,1-4H3,(H,23,27). The van der Waals surface area contributed by atoms with E-state index in [2.05, 4.69) is 10.3 Å². The number of carbonyl (C=O) groups excluding carboxylic acids is 2. The van der Waals surface area contributed by atoms with Gasteiger partial charge in [-0.05, 0) is 68.3 Å². The SMILES string of the molecule is CCN1C(=O)CC(C(=O)Nc2ccc(OC)cc2)SC1=Nc1ccc(C)c(C)c1. The molecule has 2 aromatic carbocycles. The number of anilines is 1. The Morgan fingerprint density at radius 2 is 1.93 bits per heavy atom. The number of aliphatic imine (C=N–C) groups is 1. The number of thioether (sulfide) groups is 1. The highest BCUT2D eigenvalue weighted by atomic mass is 32.2. The van der Waals surface area contributed by atoms with E-state index in [-0.39, 0.29) is 18.2 Å². The summed E-state index contributed by atoms with van der Waals surface area (Å²) in [4.78, 5) is 31.7. The Morgan fingerprint density at radius 3 is 2.55 bits per heavy atom. The molecule has 2 aromatic rings. The first-order chi connectivity index (χ1) is 13.9. The van der Waals surface area contributed by atoms with Gasteiger partial charge in [0.05, 0.1) is 12.8 Å². The molecule has 0 aliphatic carbocycles. The number of aryl methyl sites for hydroxylation is 2. The first-order valence-corrected chi connectivity index (χ1v) is 10.4. The summed E-state index contributed by atoms with van der Waals surface area (Å²) in [5, 5.41) is 2.90. The summed E-state index contributed by atoms with van der Waals surface area (Å²) in [6.07, 6.45) is 0.145. The van der Waals surface area contributed by atoms with Gasteiger partial charge in [-0.2, -0.15) is 0 Å². The molecular formula is C22H25N3O3S. The molecule has 1 fully saturated rings. The van der Waals surface area contributed by atoms with E-state index in [0.717, 1.165) is 11.3 Å². The van der Waals surface area contributed by atoms with Crippen LogP contribution in [0.4, 0.5) is 11.4 Å². The fourth-order valence-electron chi connectivity index (χ4n) is 2.96. The molecule has 6 nitrogen and oxygen atoms in total. The number of amides is 2. The third-order valence-corrected chi connectivity index (χ3v) is 6.01. The molecule has 1 aliphatic heterocycles. The van der Waals surface area contributed by atoms with Crippen molar-refractivity contribution in [1.29, 1.82) is 0 Å². The fraction of sp³-hybridized carbons (Fsp3) is 0.318. The second kappa shape index (κ2) is 9.13. The van der Waals surface area contributed by atoms with E-state index >= 15 is 0 Å². The molecule has 1 unspecified atom stereocenters. The number of methoxy groups -OCH3 is 1. The van der Waals surface area contributed by atoms with Gasteiger partial charge in [0.2, 0.25) is 11.8 Å². The van der Waals surface area contributed by atoms with E-state index < -0.39 is 5.25 Å². The molecule has 2 amide bonds. The summed E-state index contributed by atoms with van der Waals surface area (Å²) >= 11 is 1.33.